The molecule has 3 nitrogen and oxygen atoms in total. The molecule has 1 aromatic carbocycles. The minimum absolute atomic E-state index is 0. The van der Waals surface area contributed by atoms with E-state index >= 15 is 0 Å². The highest BCUT2D eigenvalue weighted by atomic mass is 35.5. The Morgan fingerprint density at radius 2 is 1.65 bits per heavy atom. The van der Waals surface area contributed by atoms with E-state index in [1.165, 1.54) is 23.5 Å². The molecular formula is C17H23ClN2OS2. The molecule has 6 heteroatoms. The molecule has 3 aliphatic rings. The smallest absolute Gasteiger partial charge is 0.253 e. The fourth-order valence-corrected chi connectivity index (χ4v) is 6.56. The fraction of sp³-hybridized carbons (Fsp3) is 0.588. The van der Waals surface area contributed by atoms with Gasteiger partial charge in [0.05, 0.1) is 4.58 Å². The minimum Gasteiger partial charge on any atom is -0.338 e. The summed E-state index contributed by atoms with van der Waals surface area (Å²) in [5, 5.41) is 3.42. The number of likely N-dealkylation sites (tertiary alicyclic amines) is 1. The summed E-state index contributed by atoms with van der Waals surface area (Å²) in [5.74, 6) is 4.05. The Kier molecular flexibility index (Phi) is 5.83. The summed E-state index contributed by atoms with van der Waals surface area (Å²) in [4.78, 5) is 14.7. The molecule has 0 radical (unpaired) electrons. The lowest BCUT2D eigenvalue weighted by Gasteiger charge is -2.22. The number of halogens is 1. The van der Waals surface area contributed by atoms with Crippen LogP contribution in [0.15, 0.2) is 24.3 Å². The Morgan fingerprint density at radius 1 is 1.04 bits per heavy atom. The first kappa shape index (κ1) is 17.5. The first-order valence-corrected chi connectivity index (χ1v) is 10.2. The van der Waals surface area contributed by atoms with Crippen molar-refractivity contribution in [2.75, 3.05) is 37.7 Å². The van der Waals surface area contributed by atoms with Crippen molar-refractivity contribution in [2.24, 2.45) is 11.8 Å². The Balaban J connectivity index is 0.00000156. The van der Waals surface area contributed by atoms with Crippen LogP contribution >= 0.6 is 35.9 Å². The van der Waals surface area contributed by atoms with Crippen LogP contribution < -0.4 is 5.32 Å². The first-order valence-electron chi connectivity index (χ1n) is 8.14. The maximum Gasteiger partial charge on any atom is 0.253 e. The molecule has 3 heterocycles. The number of thioether (sulfide) groups is 2. The third kappa shape index (κ3) is 3.68. The maximum absolute atomic E-state index is 12.7. The van der Waals surface area contributed by atoms with E-state index in [9.17, 15) is 4.79 Å². The summed E-state index contributed by atoms with van der Waals surface area (Å²) in [6.07, 6.45) is 1.31. The highest BCUT2D eigenvalue weighted by Crippen LogP contribution is 2.43. The van der Waals surface area contributed by atoms with Crippen molar-refractivity contribution in [2.45, 2.75) is 11.0 Å². The van der Waals surface area contributed by atoms with Crippen molar-refractivity contribution >= 4 is 41.8 Å². The molecule has 0 unspecified atom stereocenters. The number of nitrogens with one attached hydrogen (secondary N) is 1. The number of hydrogen-bond acceptors (Lipinski definition) is 4. The lowest BCUT2D eigenvalue weighted by Crippen LogP contribution is -2.31. The van der Waals surface area contributed by atoms with Crippen LogP contribution in [0.3, 0.4) is 0 Å². The summed E-state index contributed by atoms with van der Waals surface area (Å²) in [5.41, 5.74) is 2.20. The van der Waals surface area contributed by atoms with E-state index in [2.05, 4.69) is 22.3 Å². The molecule has 4 rings (SSSR count). The number of fused-ring (bicyclic) bond motifs is 1. The van der Waals surface area contributed by atoms with Crippen molar-refractivity contribution < 1.29 is 4.79 Å². The molecule has 23 heavy (non-hydrogen) atoms. The van der Waals surface area contributed by atoms with E-state index in [1.54, 1.807) is 0 Å². The normalized spacial score (nSPS) is 27.6. The van der Waals surface area contributed by atoms with Gasteiger partial charge >= 0.3 is 0 Å². The summed E-state index contributed by atoms with van der Waals surface area (Å²) in [7, 11) is 0. The summed E-state index contributed by atoms with van der Waals surface area (Å²) in [6, 6.07) is 8.36. The van der Waals surface area contributed by atoms with Gasteiger partial charge in [-0.2, -0.15) is 0 Å². The second-order valence-corrected chi connectivity index (χ2v) is 9.16. The van der Waals surface area contributed by atoms with Crippen molar-refractivity contribution in [1.29, 1.82) is 0 Å². The zero-order valence-electron chi connectivity index (χ0n) is 13.1. The highest BCUT2D eigenvalue weighted by molar-refractivity contribution is 8.16. The minimum atomic E-state index is 0. The van der Waals surface area contributed by atoms with Gasteiger partial charge in [-0.3, -0.25) is 4.79 Å². The molecule has 0 aromatic heterocycles. The predicted molar refractivity (Wildman–Crippen MR) is 102 cm³/mol. The molecule has 0 saturated carbocycles. The zero-order chi connectivity index (χ0) is 14.9. The molecule has 1 N–H and O–H groups in total. The molecule has 0 bridgehead atoms. The van der Waals surface area contributed by atoms with E-state index < -0.39 is 0 Å². The SMILES string of the molecule is Cl.O=C(c1ccc(C2SCCCS2)cc1)N1C[C@H]2CNC[C@H]2C1. The quantitative estimate of drug-likeness (QED) is 0.866. The molecular weight excluding hydrogens is 348 g/mol. The van der Waals surface area contributed by atoms with Gasteiger partial charge in [-0.15, -0.1) is 35.9 Å². The second-order valence-electron chi connectivity index (χ2n) is 6.44. The van der Waals surface area contributed by atoms with E-state index in [1.807, 2.05) is 35.7 Å². The van der Waals surface area contributed by atoms with Crippen LogP contribution in [-0.2, 0) is 0 Å². The van der Waals surface area contributed by atoms with Crippen LogP contribution in [-0.4, -0.2) is 48.5 Å². The molecule has 3 fully saturated rings. The molecule has 0 spiro atoms. The third-order valence-corrected chi connectivity index (χ3v) is 7.95. The second kappa shape index (κ2) is 7.68. The number of carbonyl (C=O) groups is 1. The number of hydrogen-bond donors (Lipinski definition) is 1. The van der Waals surface area contributed by atoms with E-state index in [4.69, 9.17) is 0 Å². The van der Waals surface area contributed by atoms with Crippen LogP contribution in [0.1, 0.15) is 26.9 Å². The number of amides is 1. The fourth-order valence-electron chi connectivity index (χ4n) is 3.67. The Labute approximate surface area is 152 Å². The Morgan fingerprint density at radius 3 is 2.26 bits per heavy atom. The van der Waals surface area contributed by atoms with E-state index in [0.717, 1.165) is 31.7 Å². The molecule has 126 valence electrons. The Hall–Kier alpha value is -0.360. The molecule has 1 amide bonds. The Bertz CT molecular complexity index is 536. The third-order valence-electron chi connectivity index (χ3n) is 4.93. The van der Waals surface area contributed by atoms with Gasteiger partial charge in [0.2, 0.25) is 0 Å². The zero-order valence-corrected chi connectivity index (χ0v) is 15.5. The summed E-state index contributed by atoms with van der Waals surface area (Å²) < 4.78 is 0.551. The molecule has 1 aromatic rings. The molecule has 2 atom stereocenters. The number of nitrogens with zero attached hydrogens (tertiary/aromatic N) is 1. The number of benzene rings is 1. The lowest BCUT2D eigenvalue weighted by atomic mass is 10.0. The van der Waals surface area contributed by atoms with Crippen molar-refractivity contribution in [3.8, 4) is 0 Å². The van der Waals surface area contributed by atoms with Gasteiger partial charge in [0.1, 0.15) is 0 Å². The van der Waals surface area contributed by atoms with E-state index in [-0.39, 0.29) is 18.3 Å². The topological polar surface area (TPSA) is 32.3 Å². The van der Waals surface area contributed by atoms with Gasteiger partial charge in [-0.05, 0) is 47.5 Å². The van der Waals surface area contributed by atoms with Crippen LogP contribution in [0, 0.1) is 11.8 Å². The highest BCUT2D eigenvalue weighted by Gasteiger charge is 2.38. The van der Waals surface area contributed by atoms with Gasteiger partial charge in [0.15, 0.2) is 0 Å². The van der Waals surface area contributed by atoms with Crippen LogP contribution in [0.4, 0.5) is 0 Å². The first-order chi connectivity index (χ1) is 10.8. The van der Waals surface area contributed by atoms with E-state index in [0.29, 0.717) is 16.4 Å². The summed E-state index contributed by atoms with van der Waals surface area (Å²) >= 11 is 4.06. The largest absolute Gasteiger partial charge is 0.338 e. The average Bonchev–Trinajstić information content (AvgIpc) is 3.17. The lowest BCUT2D eigenvalue weighted by molar-refractivity contribution is 0.0781. The summed E-state index contributed by atoms with van der Waals surface area (Å²) in [6.45, 7) is 3.99. The van der Waals surface area contributed by atoms with Crippen molar-refractivity contribution in [3.05, 3.63) is 35.4 Å². The monoisotopic (exact) mass is 370 g/mol. The van der Waals surface area contributed by atoms with Gasteiger partial charge in [-0.25, -0.2) is 0 Å². The van der Waals surface area contributed by atoms with Crippen LogP contribution in [0.5, 0.6) is 0 Å². The van der Waals surface area contributed by atoms with Gasteiger partial charge in [-0.1, -0.05) is 12.1 Å². The average molecular weight is 371 g/mol. The van der Waals surface area contributed by atoms with Crippen LogP contribution in [0.25, 0.3) is 0 Å². The van der Waals surface area contributed by atoms with Crippen molar-refractivity contribution in [1.82, 2.24) is 10.2 Å². The van der Waals surface area contributed by atoms with Gasteiger partial charge < -0.3 is 10.2 Å². The predicted octanol–water partition coefficient (Wildman–Crippen LogP) is 3.27. The number of rotatable bonds is 2. The standard InChI is InChI=1S/C17H22N2OS2.ClH/c20-16(19-10-14-8-18-9-15(14)11-19)12-2-4-13(5-3-12)17-21-6-1-7-22-17;/h2-5,14-15,17-18H,1,6-11H2;1H/t14-,15+;. The number of carbonyl (C=O) groups excluding carboxylic acids is 1. The van der Waals surface area contributed by atoms with Gasteiger partial charge in [0.25, 0.3) is 5.91 Å². The maximum atomic E-state index is 12.7. The molecule has 0 aliphatic carbocycles. The van der Waals surface area contributed by atoms with Crippen molar-refractivity contribution in [3.63, 3.8) is 0 Å². The molecule has 3 saturated heterocycles. The van der Waals surface area contributed by atoms with Gasteiger partial charge in [0, 0.05) is 31.7 Å². The molecule has 3 aliphatic heterocycles. The van der Waals surface area contributed by atoms with Crippen LogP contribution in [0.2, 0.25) is 0 Å².